The van der Waals surface area contributed by atoms with Gasteiger partial charge in [0.2, 0.25) is 5.91 Å². The largest absolute Gasteiger partial charge is 0.342 e. The van der Waals surface area contributed by atoms with E-state index >= 15 is 0 Å². The van der Waals surface area contributed by atoms with Crippen LogP contribution in [0.15, 0.2) is 0 Å². The zero-order valence-electron chi connectivity index (χ0n) is 9.38. The minimum absolute atomic E-state index is 0.0685. The molecule has 1 saturated carbocycles. The van der Waals surface area contributed by atoms with Gasteiger partial charge in [0.05, 0.1) is 5.41 Å². The van der Waals surface area contributed by atoms with E-state index in [1.165, 1.54) is 12.8 Å². The predicted molar refractivity (Wildman–Crippen MR) is 56.9 cm³/mol. The van der Waals surface area contributed by atoms with Crippen LogP contribution in [0.4, 0.5) is 0 Å². The van der Waals surface area contributed by atoms with E-state index in [2.05, 4.69) is 18.7 Å². The molecule has 0 aromatic rings. The molecular weight excluding hydrogens is 174 g/mol. The molecule has 2 fully saturated rings. The van der Waals surface area contributed by atoms with Gasteiger partial charge in [-0.15, -0.1) is 0 Å². The van der Waals surface area contributed by atoms with Gasteiger partial charge in [-0.3, -0.25) is 4.79 Å². The van der Waals surface area contributed by atoms with Gasteiger partial charge in [-0.1, -0.05) is 20.3 Å². The molecule has 0 N–H and O–H groups in total. The molecule has 14 heavy (non-hydrogen) atoms. The third-order valence-corrected chi connectivity index (χ3v) is 3.97. The topological polar surface area (TPSA) is 20.3 Å². The van der Waals surface area contributed by atoms with Gasteiger partial charge in [0.1, 0.15) is 0 Å². The lowest BCUT2D eigenvalue weighted by atomic mass is 9.96. The number of carbonyl (C=O) groups is 1. The summed E-state index contributed by atoms with van der Waals surface area (Å²) >= 11 is 0. The van der Waals surface area contributed by atoms with Crippen molar-refractivity contribution in [3.63, 3.8) is 0 Å². The van der Waals surface area contributed by atoms with E-state index in [4.69, 9.17) is 0 Å². The van der Waals surface area contributed by atoms with E-state index in [9.17, 15) is 4.79 Å². The molecule has 2 heteroatoms. The molecule has 80 valence electrons. The molecule has 2 nitrogen and oxygen atoms in total. The monoisotopic (exact) mass is 195 g/mol. The molecule has 0 aromatic heterocycles. The highest BCUT2D eigenvalue weighted by atomic mass is 16.2. The summed E-state index contributed by atoms with van der Waals surface area (Å²) in [6, 6.07) is 0. The van der Waals surface area contributed by atoms with Crippen LogP contribution in [0.5, 0.6) is 0 Å². The third-order valence-electron chi connectivity index (χ3n) is 3.97. The standard InChI is InChI=1S/C12H21NO/c1-3-6-12(9-10(12)2)11(14)13-7-4-5-8-13/h10H,3-9H2,1-2H3/t10-,12-/m0/s1. The minimum Gasteiger partial charge on any atom is -0.342 e. The van der Waals surface area contributed by atoms with Crippen LogP contribution >= 0.6 is 0 Å². The summed E-state index contributed by atoms with van der Waals surface area (Å²) in [6.07, 6.45) is 5.80. The Morgan fingerprint density at radius 3 is 2.43 bits per heavy atom. The van der Waals surface area contributed by atoms with E-state index in [1.807, 2.05) is 0 Å². The second-order valence-electron chi connectivity index (χ2n) is 5.01. The van der Waals surface area contributed by atoms with E-state index in [1.54, 1.807) is 0 Å². The smallest absolute Gasteiger partial charge is 0.229 e. The molecule has 1 amide bonds. The zero-order chi connectivity index (χ0) is 10.2. The van der Waals surface area contributed by atoms with Crippen LogP contribution in [0, 0.1) is 11.3 Å². The Bertz CT molecular complexity index is 232. The summed E-state index contributed by atoms with van der Waals surface area (Å²) in [4.78, 5) is 14.4. The number of carbonyl (C=O) groups excluding carboxylic acids is 1. The maximum Gasteiger partial charge on any atom is 0.229 e. The van der Waals surface area contributed by atoms with E-state index < -0.39 is 0 Å². The lowest BCUT2D eigenvalue weighted by molar-refractivity contribution is -0.136. The molecule has 1 heterocycles. The molecule has 0 aromatic carbocycles. The van der Waals surface area contributed by atoms with E-state index in [0.717, 1.165) is 32.4 Å². The second kappa shape index (κ2) is 3.56. The van der Waals surface area contributed by atoms with Crippen molar-refractivity contribution >= 4 is 5.91 Å². The maximum atomic E-state index is 12.3. The fraction of sp³-hybridized carbons (Fsp3) is 0.917. The van der Waals surface area contributed by atoms with Crippen molar-refractivity contribution in [3.05, 3.63) is 0 Å². The van der Waals surface area contributed by atoms with Crippen LogP contribution in [0.3, 0.4) is 0 Å². The fourth-order valence-corrected chi connectivity index (χ4v) is 2.92. The number of nitrogens with zero attached hydrogens (tertiary/aromatic N) is 1. The van der Waals surface area contributed by atoms with Gasteiger partial charge in [0.15, 0.2) is 0 Å². The first-order chi connectivity index (χ1) is 6.70. The first-order valence-corrected chi connectivity index (χ1v) is 6.00. The number of rotatable bonds is 3. The average molecular weight is 195 g/mol. The highest BCUT2D eigenvalue weighted by Crippen LogP contribution is 2.56. The Balaban J connectivity index is 2.01. The van der Waals surface area contributed by atoms with Gasteiger partial charge in [-0.2, -0.15) is 0 Å². The molecule has 0 bridgehead atoms. The molecule has 1 aliphatic heterocycles. The number of amides is 1. The minimum atomic E-state index is 0.0685. The zero-order valence-corrected chi connectivity index (χ0v) is 9.38. The first-order valence-electron chi connectivity index (χ1n) is 6.00. The summed E-state index contributed by atoms with van der Waals surface area (Å²) in [5, 5.41) is 0. The number of hydrogen-bond acceptors (Lipinski definition) is 1. The number of likely N-dealkylation sites (tertiary alicyclic amines) is 1. The van der Waals surface area contributed by atoms with E-state index in [0.29, 0.717) is 11.8 Å². The summed E-state index contributed by atoms with van der Waals surface area (Å²) < 4.78 is 0. The van der Waals surface area contributed by atoms with Crippen molar-refractivity contribution in [2.75, 3.05) is 13.1 Å². The SMILES string of the molecule is CCC[C@]1(C(=O)N2CCCC2)C[C@@H]1C. The highest BCUT2D eigenvalue weighted by Gasteiger charge is 2.57. The summed E-state index contributed by atoms with van der Waals surface area (Å²) in [7, 11) is 0. The summed E-state index contributed by atoms with van der Waals surface area (Å²) in [5.74, 6) is 1.10. The van der Waals surface area contributed by atoms with Gasteiger partial charge in [-0.25, -0.2) is 0 Å². The molecule has 2 atom stereocenters. The maximum absolute atomic E-state index is 12.3. The van der Waals surface area contributed by atoms with Crippen LogP contribution in [-0.4, -0.2) is 23.9 Å². The van der Waals surface area contributed by atoms with Gasteiger partial charge < -0.3 is 4.90 Å². The van der Waals surface area contributed by atoms with Gasteiger partial charge in [0.25, 0.3) is 0 Å². The second-order valence-corrected chi connectivity index (χ2v) is 5.01. The normalized spacial score (nSPS) is 36.1. The summed E-state index contributed by atoms with van der Waals surface area (Å²) in [5.41, 5.74) is 0.0685. The van der Waals surface area contributed by atoms with Gasteiger partial charge in [-0.05, 0) is 31.6 Å². The van der Waals surface area contributed by atoms with Crippen molar-refractivity contribution < 1.29 is 4.79 Å². The molecule has 1 saturated heterocycles. The summed E-state index contributed by atoms with van der Waals surface area (Å²) in [6.45, 7) is 6.43. The Morgan fingerprint density at radius 1 is 1.43 bits per heavy atom. The molecule has 2 rings (SSSR count). The third kappa shape index (κ3) is 1.45. The fourth-order valence-electron chi connectivity index (χ4n) is 2.92. The van der Waals surface area contributed by atoms with Crippen LogP contribution in [0.25, 0.3) is 0 Å². The first kappa shape index (κ1) is 10.0. The van der Waals surface area contributed by atoms with Crippen molar-refractivity contribution in [3.8, 4) is 0 Å². The Kier molecular flexibility index (Phi) is 2.54. The van der Waals surface area contributed by atoms with Crippen LogP contribution in [-0.2, 0) is 4.79 Å². The van der Waals surface area contributed by atoms with Crippen molar-refractivity contribution in [2.24, 2.45) is 11.3 Å². The lowest BCUT2D eigenvalue weighted by Crippen LogP contribution is -2.35. The Labute approximate surface area is 86.7 Å². The molecule has 0 spiro atoms. The highest BCUT2D eigenvalue weighted by molar-refractivity contribution is 5.86. The quantitative estimate of drug-likeness (QED) is 0.677. The van der Waals surface area contributed by atoms with Crippen molar-refractivity contribution in [2.45, 2.75) is 46.0 Å². The van der Waals surface area contributed by atoms with Crippen LogP contribution in [0.1, 0.15) is 46.0 Å². The molecule has 0 unspecified atom stereocenters. The van der Waals surface area contributed by atoms with Gasteiger partial charge in [0, 0.05) is 13.1 Å². The predicted octanol–water partition coefficient (Wildman–Crippen LogP) is 2.44. The molecule has 0 radical (unpaired) electrons. The van der Waals surface area contributed by atoms with Gasteiger partial charge >= 0.3 is 0 Å². The average Bonchev–Trinajstić information content (AvgIpc) is 2.68. The molecular formula is C12H21NO. The Morgan fingerprint density at radius 2 is 2.00 bits per heavy atom. The molecule has 1 aliphatic carbocycles. The van der Waals surface area contributed by atoms with Crippen LogP contribution < -0.4 is 0 Å². The number of hydrogen-bond donors (Lipinski definition) is 0. The van der Waals surface area contributed by atoms with E-state index in [-0.39, 0.29) is 5.41 Å². The Hall–Kier alpha value is -0.530. The molecule has 2 aliphatic rings. The van der Waals surface area contributed by atoms with Crippen LogP contribution in [0.2, 0.25) is 0 Å². The van der Waals surface area contributed by atoms with Crippen molar-refractivity contribution in [1.82, 2.24) is 4.90 Å². The lowest BCUT2D eigenvalue weighted by Gasteiger charge is -2.23. The van der Waals surface area contributed by atoms with Crippen molar-refractivity contribution in [1.29, 1.82) is 0 Å².